The van der Waals surface area contributed by atoms with Gasteiger partial charge in [-0.1, -0.05) is 0 Å². The molecule has 3 rings (SSSR count). The lowest BCUT2D eigenvalue weighted by Gasteiger charge is -2.09. The maximum atomic E-state index is 13.0. The van der Waals surface area contributed by atoms with E-state index in [0.717, 1.165) is 0 Å². The fourth-order valence-electron chi connectivity index (χ4n) is 2.05. The average Bonchev–Trinajstić information content (AvgIpc) is 3.09. The third-order valence-electron chi connectivity index (χ3n) is 3.29. The number of oxazole rings is 1. The molecule has 2 N–H and O–H groups in total. The summed E-state index contributed by atoms with van der Waals surface area (Å²) in [6, 6.07) is 10.3. The van der Waals surface area contributed by atoms with Gasteiger partial charge in [0, 0.05) is 17.5 Å². The molecule has 0 saturated heterocycles. The number of carbonyl (C=O) groups is 1. The van der Waals surface area contributed by atoms with Gasteiger partial charge in [0.15, 0.2) is 5.03 Å². The van der Waals surface area contributed by atoms with Crippen LogP contribution in [-0.4, -0.2) is 23.2 Å². The summed E-state index contributed by atoms with van der Waals surface area (Å²) < 4.78 is 26.6. The molecular weight excluding hydrogens is 347 g/mol. The van der Waals surface area contributed by atoms with Crippen LogP contribution < -0.4 is 9.46 Å². The molecule has 0 bridgehead atoms. The summed E-state index contributed by atoms with van der Waals surface area (Å²) >= 11 is 1.18. The third kappa shape index (κ3) is 3.92. The van der Waals surface area contributed by atoms with Crippen LogP contribution in [0.25, 0.3) is 11.5 Å². The fraction of sp³-hybridized carbons (Fsp3) is 0.0588. The molecule has 25 heavy (non-hydrogen) atoms. The zero-order valence-corrected chi connectivity index (χ0v) is 13.8. The molecule has 1 aromatic heterocycles. The minimum absolute atomic E-state index is 0.132. The Bertz CT molecular complexity index is 896. The number of anilines is 1. The number of halogens is 1. The number of hydrogen-bond donors (Lipinski definition) is 2. The van der Waals surface area contributed by atoms with Crippen molar-refractivity contribution in [3.05, 3.63) is 60.1 Å². The van der Waals surface area contributed by atoms with Crippen LogP contribution in [0.4, 0.5) is 10.1 Å². The molecule has 0 saturated carbocycles. The van der Waals surface area contributed by atoms with Gasteiger partial charge in [0.2, 0.25) is 5.89 Å². The van der Waals surface area contributed by atoms with Gasteiger partial charge in [0.25, 0.3) is 0 Å². The van der Waals surface area contributed by atoms with E-state index in [1.807, 2.05) is 0 Å². The first-order valence-corrected chi connectivity index (χ1v) is 7.94. The highest BCUT2D eigenvalue weighted by Gasteiger charge is 2.11. The van der Waals surface area contributed by atoms with Crippen molar-refractivity contribution in [2.75, 3.05) is 11.8 Å². The third-order valence-corrected chi connectivity index (χ3v) is 4.01. The molecule has 0 atom stereocenters. The molecule has 128 valence electrons. The minimum atomic E-state index is -1.03. The predicted octanol–water partition coefficient (Wildman–Crippen LogP) is 4.31. The summed E-state index contributed by atoms with van der Waals surface area (Å²) in [4.78, 5) is 15.3. The summed E-state index contributed by atoms with van der Waals surface area (Å²) in [6.07, 6.45) is 1.47. The van der Waals surface area contributed by atoms with Crippen LogP contribution in [0.1, 0.15) is 10.4 Å². The summed E-state index contributed by atoms with van der Waals surface area (Å²) in [5.41, 5.74) is 1.40. The van der Waals surface area contributed by atoms with Crippen molar-refractivity contribution < 1.29 is 23.4 Å². The van der Waals surface area contributed by atoms with Crippen LogP contribution in [0.3, 0.4) is 0 Å². The Hall–Kier alpha value is -3.00. The number of rotatable bonds is 6. The first-order valence-electron chi connectivity index (χ1n) is 7.12. The molecule has 0 spiro atoms. The number of carboxylic acid groups (broad SMARTS) is 1. The number of ether oxygens (including phenoxy) is 1. The normalized spacial score (nSPS) is 10.5. The Kier molecular flexibility index (Phi) is 4.90. The molecule has 6 nitrogen and oxygen atoms in total. The van der Waals surface area contributed by atoms with Crippen molar-refractivity contribution in [2.45, 2.75) is 5.03 Å². The highest BCUT2D eigenvalue weighted by molar-refractivity contribution is 8.00. The molecule has 3 aromatic rings. The molecule has 0 aliphatic rings. The number of nitrogens with one attached hydrogen (secondary N) is 1. The SMILES string of the molecule is COc1cc(C(=O)O)ccc1NSc1coc(-c2ccc(F)cc2)n1. The van der Waals surface area contributed by atoms with E-state index in [9.17, 15) is 9.18 Å². The van der Waals surface area contributed by atoms with Crippen LogP contribution in [0.5, 0.6) is 5.75 Å². The van der Waals surface area contributed by atoms with Crippen molar-refractivity contribution >= 4 is 23.6 Å². The second-order valence-electron chi connectivity index (χ2n) is 4.92. The molecular formula is C17H13FN2O4S. The molecule has 0 aliphatic heterocycles. The smallest absolute Gasteiger partial charge is 0.335 e. The second-order valence-corrected chi connectivity index (χ2v) is 5.75. The van der Waals surface area contributed by atoms with Gasteiger partial charge < -0.3 is 19.0 Å². The Morgan fingerprint density at radius 1 is 1.28 bits per heavy atom. The van der Waals surface area contributed by atoms with Gasteiger partial charge in [-0.3, -0.25) is 0 Å². The fourth-order valence-corrected chi connectivity index (χ4v) is 2.65. The first-order chi connectivity index (χ1) is 12.1. The zero-order chi connectivity index (χ0) is 17.8. The Labute approximate surface area is 146 Å². The summed E-state index contributed by atoms with van der Waals surface area (Å²) in [6.45, 7) is 0. The highest BCUT2D eigenvalue weighted by Crippen LogP contribution is 2.31. The molecule has 0 amide bonds. The molecule has 1 heterocycles. The van der Waals surface area contributed by atoms with E-state index in [0.29, 0.717) is 27.9 Å². The lowest BCUT2D eigenvalue weighted by molar-refractivity contribution is 0.0696. The van der Waals surface area contributed by atoms with Gasteiger partial charge in [0.05, 0.1) is 18.4 Å². The number of nitrogens with zero attached hydrogens (tertiary/aromatic N) is 1. The van der Waals surface area contributed by atoms with Crippen molar-refractivity contribution in [1.82, 2.24) is 4.98 Å². The second kappa shape index (κ2) is 7.27. The van der Waals surface area contributed by atoms with E-state index < -0.39 is 5.97 Å². The van der Waals surface area contributed by atoms with E-state index >= 15 is 0 Å². The van der Waals surface area contributed by atoms with E-state index in [-0.39, 0.29) is 11.4 Å². The van der Waals surface area contributed by atoms with E-state index in [1.165, 1.54) is 49.6 Å². The van der Waals surface area contributed by atoms with Crippen molar-refractivity contribution in [2.24, 2.45) is 0 Å². The lowest BCUT2D eigenvalue weighted by atomic mass is 10.2. The van der Waals surface area contributed by atoms with Crippen molar-refractivity contribution in [1.29, 1.82) is 0 Å². The van der Waals surface area contributed by atoms with Crippen LogP contribution in [-0.2, 0) is 0 Å². The Morgan fingerprint density at radius 2 is 2.04 bits per heavy atom. The van der Waals surface area contributed by atoms with Crippen molar-refractivity contribution in [3.63, 3.8) is 0 Å². The van der Waals surface area contributed by atoms with Crippen LogP contribution in [0.15, 0.2) is 58.2 Å². The first kappa shape index (κ1) is 16.8. The van der Waals surface area contributed by atoms with Crippen molar-refractivity contribution in [3.8, 4) is 17.2 Å². The minimum Gasteiger partial charge on any atom is -0.495 e. The van der Waals surface area contributed by atoms with Gasteiger partial charge in [-0.25, -0.2) is 14.2 Å². The largest absolute Gasteiger partial charge is 0.495 e. The Balaban J connectivity index is 1.72. The Morgan fingerprint density at radius 3 is 2.72 bits per heavy atom. The summed E-state index contributed by atoms with van der Waals surface area (Å²) in [5.74, 6) is -0.589. The van der Waals surface area contributed by atoms with Gasteiger partial charge in [-0.05, 0) is 42.5 Å². The molecule has 0 radical (unpaired) electrons. The molecule has 0 unspecified atom stereocenters. The van der Waals surface area contributed by atoms with Crippen LogP contribution in [0, 0.1) is 5.82 Å². The standard InChI is InChI=1S/C17H13FN2O4S/c1-23-14-8-11(17(21)22)4-7-13(14)20-25-15-9-24-16(19-15)10-2-5-12(18)6-3-10/h2-9,20H,1H3,(H,21,22). The van der Waals surface area contributed by atoms with E-state index in [2.05, 4.69) is 9.71 Å². The predicted molar refractivity (Wildman–Crippen MR) is 91.3 cm³/mol. The summed E-state index contributed by atoms with van der Waals surface area (Å²) in [7, 11) is 1.46. The number of carboxylic acids is 1. The maximum absolute atomic E-state index is 13.0. The average molecular weight is 360 g/mol. The number of aromatic nitrogens is 1. The molecule has 2 aromatic carbocycles. The lowest BCUT2D eigenvalue weighted by Crippen LogP contribution is -1.99. The molecule has 0 aliphatic carbocycles. The van der Waals surface area contributed by atoms with Crippen LogP contribution >= 0.6 is 11.9 Å². The number of methoxy groups -OCH3 is 1. The number of benzene rings is 2. The topological polar surface area (TPSA) is 84.6 Å². The number of aromatic carboxylic acids is 1. The molecule has 8 heteroatoms. The maximum Gasteiger partial charge on any atom is 0.335 e. The van der Waals surface area contributed by atoms with E-state index in [4.69, 9.17) is 14.3 Å². The molecule has 0 fully saturated rings. The van der Waals surface area contributed by atoms with E-state index in [1.54, 1.807) is 18.2 Å². The quantitative estimate of drug-likeness (QED) is 0.634. The number of hydrogen-bond acceptors (Lipinski definition) is 6. The summed E-state index contributed by atoms with van der Waals surface area (Å²) in [5, 5.41) is 9.56. The van der Waals surface area contributed by atoms with Gasteiger partial charge in [0.1, 0.15) is 17.8 Å². The van der Waals surface area contributed by atoms with Gasteiger partial charge in [-0.2, -0.15) is 0 Å². The van der Waals surface area contributed by atoms with Gasteiger partial charge >= 0.3 is 5.97 Å². The van der Waals surface area contributed by atoms with Gasteiger partial charge in [-0.15, -0.1) is 0 Å². The van der Waals surface area contributed by atoms with Crippen LogP contribution in [0.2, 0.25) is 0 Å². The zero-order valence-electron chi connectivity index (χ0n) is 13.0. The highest BCUT2D eigenvalue weighted by atomic mass is 32.2. The monoisotopic (exact) mass is 360 g/mol.